The zero-order valence-corrected chi connectivity index (χ0v) is 23.1. The number of aromatic hydroxyl groups is 1. The second-order valence-corrected chi connectivity index (χ2v) is 11.1. The third kappa shape index (κ3) is 6.16. The highest BCUT2D eigenvalue weighted by atomic mass is 16.5. The molecule has 0 radical (unpaired) electrons. The van der Waals surface area contributed by atoms with Gasteiger partial charge in [-0.05, 0) is 74.1 Å². The quantitative estimate of drug-likeness (QED) is 0.359. The highest BCUT2D eigenvalue weighted by Crippen LogP contribution is 2.34. The van der Waals surface area contributed by atoms with E-state index in [9.17, 15) is 19.5 Å². The maximum Gasteiger partial charge on any atom is 0.248 e. The molecule has 0 saturated heterocycles. The highest BCUT2D eigenvalue weighted by molar-refractivity contribution is 6.01. The largest absolute Gasteiger partial charge is 0.508 e. The predicted molar refractivity (Wildman–Crippen MR) is 154 cm³/mol. The van der Waals surface area contributed by atoms with E-state index >= 15 is 0 Å². The number of methoxy groups -OCH3 is 1. The Bertz CT molecular complexity index is 1390. The Morgan fingerprint density at radius 3 is 2.35 bits per heavy atom. The first-order chi connectivity index (χ1) is 19.4. The standard InChI is InChI=1S/C32H38N2O6/c1-39-25-15-12-23(13-16-25)34(29(36)18-21-8-4-2-5-9-21)30(32(38)33-22-10-6-3-7-11-22)27-20-40-28-17-14-24(35)19-26(28)31(27)37/h12-17,19-22,30,35H,2-11,18H2,1H3,(H,33,38)/t30-/m0/s1. The van der Waals surface area contributed by atoms with Gasteiger partial charge in [0.15, 0.2) is 5.43 Å². The lowest BCUT2D eigenvalue weighted by Gasteiger charge is -2.34. The van der Waals surface area contributed by atoms with E-state index in [-0.39, 0.29) is 34.6 Å². The number of phenolic OH excluding ortho intramolecular Hbond substituents is 1. The second kappa shape index (κ2) is 12.6. The Morgan fingerprint density at radius 2 is 1.68 bits per heavy atom. The maximum absolute atomic E-state index is 14.1. The highest BCUT2D eigenvalue weighted by Gasteiger charge is 2.37. The fourth-order valence-electron chi connectivity index (χ4n) is 6.16. The molecular formula is C32H38N2O6. The molecule has 2 N–H and O–H groups in total. The lowest BCUT2D eigenvalue weighted by atomic mass is 9.86. The van der Waals surface area contributed by atoms with Crippen molar-refractivity contribution in [1.29, 1.82) is 0 Å². The Hall–Kier alpha value is -3.81. The fourth-order valence-corrected chi connectivity index (χ4v) is 6.16. The van der Waals surface area contributed by atoms with Crippen molar-refractivity contribution in [3.63, 3.8) is 0 Å². The zero-order valence-electron chi connectivity index (χ0n) is 23.1. The van der Waals surface area contributed by atoms with E-state index in [1.165, 1.54) is 35.8 Å². The molecule has 40 heavy (non-hydrogen) atoms. The van der Waals surface area contributed by atoms with Gasteiger partial charge in [-0.25, -0.2) is 0 Å². The van der Waals surface area contributed by atoms with Gasteiger partial charge in [0.25, 0.3) is 0 Å². The molecule has 0 aliphatic heterocycles. The van der Waals surface area contributed by atoms with Crippen molar-refractivity contribution in [2.24, 2.45) is 5.92 Å². The summed E-state index contributed by atoms with van der Waals surface area (Å²) in [5, 5.41) is 13.4. The summed E-state index contributed by atoms with van der Waals surface area (Å²) in [7, 11) is 1.57. The third-order valence-electron chi connectivity index (χ3n) is 8.34. The number of hydrogen-bond acceptors (Lipinski definition) is 6. The van der Waals surface area contributed by atoms with Crippen LogP contribution >= 0.6 is 0 Å². The minimum Gasteiger partial charge on any atom is -0.508 e. The van der Waals surface area contributed by atoms with Crippen LogP contribution in [0.2, 0.25) is 0 Å². The molecule has 0 unspecified atom stereocenters. The number of nitrogens with zero attached hydrogens (tertiary/aromatic N) is 1. The molecule has 1 atom stereocenters. The molecule has 2 amide bonds. The van der Waals surface area contributed by atoms with Crippen molar-refractivity contribution in [2.75, 3.05) is 12.0 Å². The number of anilines is 1. The molecular weight excluding hydrogens is 508 g/mol. The number of benzene rings is 2. The minimum atomic E-state index is -1.24. The molecule has 8 heteroatoms. The van der Waals surface area contributed by atoms with Crippen LogP contribution in [0.3, 0.4) is 0 Å². The van der Waals surface area contributed by atoms with Crippen molar-refractivity contribution >= 4 is 28.5 Å². The van der Waals surface area contributed by atoms with Crippen LogP contribution < -0.4 is 20.4 Å². The van der Waals surface area contributed by atoms with Crippen LogP contribution in [0.4, 0.5) is 5.69 Å². The van der Waals surface area contributed by atoms with E-state index in [0.29, 0.717) is 23.4 Å². The SMILES string of the molecule is COc1ccc(N(C(=O)CC2CCCCC2)[C@H](C(=O)NC2CCCCC2)c2coc3ccc(O)cc3c2=O)cc1. The summed E-state index contributed by atoms with van der Waals surface area (Å²) in [6.45, 7) is 0. The van der Waals surface area contributed by atoms with Crippen molar-refractivity contribution < 1.29 is 23.8 Å². The molecule has 0 bridgehead atoms. The fraction of sp³-hybridized carbons (Fsp3) is 0.469. The topological polar surface area (TPSA) is 109 Å². The molecule has 2 fully saturated rings. The van der Waals surface area contributed by atoms with Gasteiger partial charge in [-0.1, -0.05) is 38.5 Å². The van der Waals surface area contributed by atoms with Gasteiger partial charge >= 0.3 is 0 Å². The number of nitrogens with one attached hydrogen (secondary N) is 1. The van der Waals surface area contributed by atoms with Crippen LogP contribution in [-0.2, 0) is 9.59 Å². The van der Waals surface area contributed by atoms with Gasteiger partial charge in [0.1, 0.15) is 29.4 Å². The lowest BCUT2D eigenvalue weighted by molar-refractivity contribution is -0.127. The minimum absolute atomic E-state index is 0.0218. The van der Waals surface area contributed by atoms with Gasteiger partial charge in [0.05, 0.1) is 18.1 Å². The summed E-state index contributed by atoms with van der Waals surface area (Å²) in [5.41, 5.74) is 0.396. The number of ether oxygens (including phenoxy) is 1. The van der Waals surface area contributed by atoms with E-state index in [2.05, 4.69) is 5.32 Å². The first kappa shape index (κ1) is 27.7. The van der Waals surface area contributed by atoms with Crippen molar-refractivity contribution in [3.05, 3.63) is 64.5 Å². The van der Waals surface area contributed by atoms with E-state index in [1.54, 1.807) is 31.4 Å². The van der Waals surface area contributed by atoms with Gasteiger partial charge < -0.3 is 19.6 Å². The average molecular weight is 547 g/mol. The molecule has 2 aliphatic carbocycles. The van der Waals surface area contributed by atoms with Crippen LogP contribution in [-0.4, -0.2) is 30.1 Å². The number of carbonyl (C=O) groups excluding carboxylic acids is 2. The molecule has 1 heterocycles. The Morgan fingerprint density at radius 1 is 1.00 bits per heavy atom. The smallest absolute Gasteiger partial charge is 0.248 e. The number of phenols is 1. The molecule has 3 aromatic rings. The normalized spacial score (nSPS) is 17.3. The average Bonchev–Trinajstić information content (AvgIpc) is 2.98. The van der Waals surface area contributed by atoms with Crippen LogP contribution in [0, 0.1) is 5.92 Å². The Kier molecular flexibility index (Phi) is 8.72. The molecule has 0 spiro atoms. The molecule has 2 saturated carbocycles. The molecule has 1 aromatic heterocycles. The number of fused-ring (bicyclic) bond motifs is 1. The van der Waals surface area contributed by atoms with E-state index < -0.39 is 17.4 Å². The van der Waals surface area contributed by atoms with Gasteiger partial charge in [-0.3, -0.25) is 19.3 Å². The molecule has 5 rings (SSSR count). The van der Waals surface area contributed by atoms with Crippen LogP contribution in [0.5, 0.6) is 11.5 Å². The third-order valence-corrected chi connectivity index (χ3v) is 8.34. The summed E-state index contributed by atoms with van der Waals surface area (Å²) >= 11 is 0. The number of carbonyl (C=O) groups is 2. The Balaban J connectivity index is 1.61. The summed E-state index contributed by atoms with van der Waals surface area (Å²) in [5.74, 6) is 0.143. The first-order valence-corrected chi connectivity index (χ1v) is 14.5. The lowest BCUT2D eigenvalue weighted by Crippen LogP contribution is -2.49. The molecule has 212 valence electrons. The monoisotopic (exact) mass is 546 g/mol. The number of amides is 2. The Labute approximate surface area is 234 Å². The second-order valence-electron chi connectivity index (χ2n) is 11.1. The number of rotatable bonds is 8. The predicted octanol–water partition coefficient (Wildman–Crippen LogP) is 6.00. The molecule has 8 nitrogen and oxygen atoms in total. The molecule has 2 aliphatic rings. The van der Waals surface area contributed by atoms with Gasteiger partial charge in [0.2, 0.25) is 11.8 Å². The van der Waals surface area contributed by atoms with E-state index in [1.807, 2.05) is 0 Å². The first-order valence-electron chi connectivity index (χ1n) is 14.5. The summed E-state index contributed by atoms with van der Waals surface area (Å²) in [6, 6.07) is 10.0. The van der Waals surface area contributed by atoms with E-state index in [0.717, 1.165) is 57.8 Å². The van der Waals surface area contributed by atoms with E-state index in [4.69, 9.17) is 9.15 Å². The zero-order chi connectivity index (χ0) is 28.1. The van der Waals surface area contributed by atoms with Gasteiger partial charge in [-0.2, -0.15) is 0 Å². The van der Waals surface area contributed by atoms with Crippen molar-refractivity contribution in [2.45, 2.75) is 82.7 Å². The van der Waals surface area contributed by atoms with Crippen LogP contribution in [0.1, 0.15) is 82.2 Å². The van der Waals surface area contributed by atoms with Gasteiger partial charge in [-0.15, -0.1) is 0 Å². The van der Waals surface area contributed by atoms with Crippen LogP contribution in [0.25, 0.3) is 11.0 Å². The summed E-state index contributed by atoms with van der Waals surface area (Å²) in [4.78, 5) is 43.6. The molecule has 2 aromatic carbocycles. The summed E-state index contributed by atoms with van der Waals surface area (Å²) in [6.07, 6.45) is 11.8. The van der Waals surface area contributed by atoms with Crippen molar-refractivity contribution in [1.82, 2.24) is 5.32 Å². The van der Waals surface area contributed by atoms with Crippen LogP contribution in [0.15, 0.2) is 57.9 Å². The summed E-state index contributed by atoms with van der Waals surface area (Å²) < 4.78 is 11.1. The maximum atomic E-state index is 14.1. The van der Waals surface area contributed by atoms with Crippen molar-refractivity contribution in [3.8, 4) is 11.5 Å². The van der Waals surface area contributed by atoms with Gasteiger partial charge in [0, 0.05) is 18.2 Å². The number of hydrogen-bond donors (Lipinski definition) is 2.